The molecule has 0 fully saturated rings. The molecule has 3 heteroatoms. The Morgan fingerprint density at radius 1 is 1.22 bits per heavy atom. The molecule has 0 saturated carbocycles. The van der Waals surface area contributed by atoms with Crippen LogP contribution in [0, 0.1) is 5.92 Å². The molecular formula is C15H26N2O. The van der Waals surface area contributed by atoms with E-state index in [0.29, 0.717) is 5.92 Å². The van der Waals surface area contributed by atoms with E-state index in [1.807, 2.05) is 38.1 Å². The van der Waals surface area contributed by atoms with E-state index in [-0.39, 0.29) is 12.1 Å². The van der Waals surface area contributed by atoms with Crippen LogP contribution in [-0.2, 0) is 0 Å². The quantitative estimate of drug-likeness (QED) is 0.781. The van der Waals surface area contributed by atoms with Crippen LogP contribution in [0.2, 0.25) is 0 Å². The molecule has 18 heavy (non-hydrogen) atoms. The Morgan fingerprint density at radius 2 is 1.94 bits per heavy atom. The summed E-state index contributed by atoms with van der Waals surface area (Å²) in [5.74, 6) is 1.53. The third-order valence-electron chi connectivity index (χ3n) is 2.55. The van der Waals surface area contributed by atoms with Gasteiger partial charge in [0, 0.05) is 24.3 Å². The number of anilines is 1. The molecule has 0 aliphatic heterocycles. The van der Waals surface area contributed by atoms with Crippen molar-refractivity contribution in [2.45, 2.75) is 46.3 Å². The van der Waals surface area contributed by atoms with E-state index in [0.717, 1.165) is 24.4 Å². The minimum absolute atomic E-state index is 0.194. The van der Waals surface area contributed by atoms with Gasteiger partial charge in [0.05, 0.1) is 6.10 Å². The molecule has 0 radical (unpaired) electrons. The Balaban J connectivity index is 2.47. The number of nitrogens with one attached hydrogen (secondary N) is 1. The zero-order valence-corrected chi connectivity index (χ0v) is 11.9. The van der Waals surface area contributed by atoms with Crippen molar-refractivity contribution in [3.63, 3.8) is 0 Å². The van der Waals surface area contributed by atoms with Crippen molar-refractivity contribution in [3.05, 3.63) is 24.3 Å². The first-order chi connectivity index (χ1) is 8.47. The molecule has 0 bridgehead atoms. The Labute approximate surface area is 111 Å². The van der Waals surface area contributed by atoms with Crippen LogP contribution < -0.4 is 15.8 Å². The Morgan fingerprint density at radius 3 is 2.56 bits per heavy atom. The monoisotopic (exact) mass is 250 g/mol. The van der Waals surface area contributed by atoms with E-state index >= 15 is 0 Å². The molecule has 0 amide bonds. The van der Waals surface area contributed by atoms with Gasteiger partial charge in [0.25, 0.3) is 0 Å². The summed E-state index contributed by atoms with van der Waals surface area (Å²) >= 11 is 0. The van der Waals surface area contributed by atoms with Gasteiger partial charge in [0.2, 0.25) is 0 Å². The van der Waals surface area contributed by atoms with Crippen molar-refractivity contribution in [1.82, 2.24) is 0 Å². The SMILES string of the molecule is CC(C)CC(N)CNc1cccc(OC(C)C)c1. The Hall–Kier alpha value is -1.22. The van der Waals surface area contributed by atoms with Crippen molar-refractivity contribution in [1.29, 1.82) is 0 Å². The third kappa shape index (κ3) is 5.92. The zero-order valence-electron chi connectivity index (χ0n) is 11.9. The van der Waals surface area contributed by atoms with Crippen LogP contribution in [0.4, 0.5) is 5.69 Å². The summed E-state index contributed by atoms with van der Waals surface area (Å²) in [6, 6.07) is 8.21. The molecule has 1 atom stereocenters. The molecule has 0 heterocycles. The Bertz CT molecular complexity index is 350. The second kappa shape index (κ2) is 7.27. The van der Waals surface area contributed by atoms with Gasteiger partial charge in [-0.15, -0.1) is 0 Å². The highest BCUT2D eigenvalue weighted by molar-refractivity contribution is 5.48. The van der Waals surface area contributed by atoms with E-state index in [2.05, 4.69) is 19.2 Å². The van der Waals surface area contributed by atoms with Gasteiger partial charge < -0.3 is 15.8 Å². The van der Waals surface area contributed by atoms with E-state index < -0.39 is 0 Å². The molecule has 1 aromatic carbocycles. The molecule has 3 nitrogen and oxygen atoms in total. The number of hydrogen-bond donors (Lipinski definition) is 2. The van der Waals surface area contributed by atoms with Crippen LogP contribution in [0.5, 0.6) is 5.75 Å². The largest absolute Gasteiger partial charge is 0.491 e. The van der Waals surface area contributed by atoms with Gasteiger partial charge in [-0.2, -0.15) is 0 Å². The molecule has 1 unspecified atom stereocenters. The summed E-state index contributed by atoms with van der Waals surface area (Å²) in [7, 11) is 0. The maximum absolute atomic E-state index is 6.05. The van der Waals surface area contributed by atoms with E-state index in [1.54, 1.807) is 0 Å². The molecule has 0 saturated heterocycles. The molecule has 0 aromatic heterocycles. The highest BCUT2D eigenvalue weighted by atomic mass is 16.5. The first-order valence-corrected chi connectivity index (χ1v) is 6.73. The van der Waals surface area contributed by atoms with Gasteiger partial charge in [0.15, 0.2) is 0 Å². The van der Waals surface area contributed by atoms with Crippen LogP contribution in [0.1, 0.15) is 34.1 Å². The molecule has 0 aliphatic carbocycles. The number of rotatable bonds is 7. The fourth-order valence-corrected chi connectivity index (χ4v) is 1.89. The standard InChI is InChI=1S/C15H26N2O/c1-11(2)8-13(16)10-17-14-6-5-7-15(9-14)18-12(3)4/h5-7,9,11-13,17H,8,10,16H2,1-4H3. The van der Waals surface area contributed by atoms with E-state index in [1.165, 1.54) is 0 Å². The first-order valence-electron chi connectivity index (χ1n) is 6.73. The molecule has 1 aromatic rings. The molecule has 102 valence electrons. The highest BCUT2D eigenvalue weighted by Crippen LogP contribution is 2.18. The summed E-state index contributed by atoms with van der Waals surface area (Å²) in [5.41, 5.74) is 7.11. The maximum atomic E-state index is 6.05. The van der Waals surface area contributed by atoms with Gasteiger partial charge in [-0.05, 0) is 38.3 Å². The molecule has 0 aliphatic rings. The van der Waals surface area contributed by atoms with Gasteiger partial charge in [0.1, 0.15) is 5.75 Å². The maximum Gasteiger partial charge on any atom is 0.121 e. The van der Waals surface area contributed by atoms with E-state index in [9.17, 15) is 0 Å². The summed E-state index contributed by atoms with van der Waals surface area (Å²) in [6.07, 6.45) is 1.23. The fraction of sp³-hybridized carbons (Fsp3) is 0.600. The number of ether oxygens (including phenoxy) is 1. The van der Waals surface area contributed by atoms with Crippen LogP contribution in [0.3, 0.4) is 0 Å². The average Bonchev–Trinajstić information content (AvgIpc) is 2.25. The normalized spacial score (nSPS) is 12.8. The van der Waals surface area contributed by atoms with Crippen LogP contribution in [0.15, 0.2) is 24.3 Å². The van der Waals surface area contributed by atoms with Crippen LogP contribution in [0.25, 0.3) is 0 Å². The number of nitrogens with two attached hydrogens (primary N) is 1. The predicted molar refractivity (Wildman–Crippen MR) is 78.1 cm³/mol. The second-order valence-corrected chi connectivity index (χ2v) is 5.46. The molecule has 1 rings (SSSR count). The van der Waals surface area contributed by atoms with Crippen molar-refractivity contribution in [3.8, 4) is 5.75 Å². The first kappa shape index (κ1) is 14.8. The van der Waals surface area contributed by atoms with Gasteiger partial charge in [-0.1, -0.05) is 19.9 Å². The summed E-state index contributed by atoms with van der Waals surface area (Å²) < 4.78 is 5.65. The van der Waals surface area contributed by atoms with Gasteiger partial charge in [-0.3, -0.25) is 0 Å². The van der Waals surface area contributed by atoms with Crippen molar-refractivity contribution in [2.24, 2.45) is 11.7 Å². The lowest BCUT2D eigenvalue weighted by Crippen LogP contribution is -2.30. The van der Waals surface area contributed by atoms with Crippen molar-refractivity contribution in [2.75, 3.05) is 11.9 Å². The molecule has 0 spiro atoms. The lowest BCUT2D eigenvalue weighted by atomic mass is 10.0. The van der Waals surface area contributed by atoms with Crippen molar-refractivity contribution >= 4 is 5.69 Å². The average molecular weight is 250 g/mol. The number of hydrogen-bond acceptors (Lipinski definition) is 3. The predicted octanol–water partition coefficient (Wildman–Crippen LogP) is 3.26. The summed E-state index contributed by atoms with van der Waals surface area (Å²) in [4.78, 5) is 0. The van der Waals surface area contributed by atoms with Crippen molar-refractivity contribution < 1.29 is 4.74 Å². The Kier molecular flexibility index (Phi) is 5.99. The fourth-order valence-electron chi connectivity index (χ4n) is 1.89. The summed E-state index contributed by atoms with van der Waals surface area (Å²) in [5, 5.41) is 3.36. The topological polar surface area (TPSA) is 47.3 Å². The second-order valence-electron chi connectivity index (χ2n) is 5.46. The van der Waals surface area contributed by atoms with Crippen LogP contribution >= 0.6 is 0 Å². The minimum atomic E-state index is 0.194. The van der Waals surface area contributed by atoms with Gasteiger partial charge in [-0.25, -0.2) is 0 Å². The van der Waals surface area contributed by atoms with Crippen LogP contribution in [-0.4, -0.2) is 18.7 Å². The lowest BCUT2D eigenvalue weighted by Gasteiger charge is -2.16. The lowest BCUT2D eigenvalue weighted by molar-refractivity contribution is 0.242. The molecule has 3 N–H and O–H groups in total. The zero-order chi connectivity index (χ0) is 13.5. The number of benzene rings is 1. The summed E-state index contributed by atoms with van der Waals surface area (Å²) in [6.45, 7) is 9.23. The smallest absolute Gasteiger partial charge is 0.121 e. The molecular weight excluding hydrogens is 224 g/mol. The minimum Gasteiger partial charge on any atom is -0.491 e. The highest BCUT2D eigenvalue weighted by Gasteiger charge is 2.05. The van der Waals surface area contributed by atoms with Gasteiger partial charge >= 0.3 is 0 Å². The third-order valence-corrected chi connectivity index (χ3v) is 2.55. The van der Waals surface area contributed by atoms with E-state index in [4.69, 9.17) is 10.5 Å².